The Morgan fingerprint density at radius 1 is 0.939 bits per heavy atom. The van der Waals surface area contributed by atoms with Gasteiger partial charge in [-0.1, -0.05) is 36.8 Å². The standard InChI is InChI=1S/C27H36N2O4/c1-31-24-13-5-3-10-21(24)20-28-16-8-7-12-23-26(32-2)15-9-17-29(23)27(30)22-11-4-6-14-25(22)33-19-18-28/h3-6,10-11,13-14,23,26H,7-9,12,15-20H2,1-2H3/t23-,26-/m0/s1. The van der Waals surface area contributed by atoms with Crippen molar-refractivity contribution in [2.45, 2.75) is 50.8 Å². The topological polar surface area (TPSA) is 51.2 Å². The average molecular weight is 453 g/mol. The van der Waals surface area contributed by atoms with Gasteiger partial charge in [0.25, 0.3) is 5.91 Å². The molecule has 1 fully saturated rings. The molecule has 0 aliphatic carbocycles. The summed E-state index contributed by atoms with van der Waals surface area (Å²) in [6.07, 6.45) is 5.14. The van der Waals surface area contributed by atoms with Gasteiger partial charge in [-0.25, -0.2) is 0 Å². The molecule has 178 valence electrons. The van der Waals surface area contributed by atoms with Crippen molar-refractivity contribution in [2.24, 2.45) is 0 Å². The van der Waals surface area contributed by atoms with E-state index in [4.69, 9.17) is 14.2 Å². The summed E-state index contributed by atoms with van der Waals surface area (Å²) < 4.78 is 17.6. The number of hydrogen-bond acceptors (Lipinski definition) is 5. The monoisotopic (exact) mass is 452 g/mol. The highest BCUT2D eigenvalue weighted by atomic mass is 16.5. The van der Waals surface area contributed by atoms with Crippen LogP contribution < -0.4 is 9.47 Å². The van der Waals surface area contributed by atoms with Crippen LogP contribution in [0.1, 0.15) is 48.0 Å². The first-order chi connectivity index (χ1) is 16.2. The third kappa shape index (κ3) is 5.68. The first-order valence-corrected chi connectivity index (χ1v) is 12.1. The molecule has 1 amide bonds. The molecule has 2 aliphatic rings. The number of benzene rings is 2. The molecular weight excluding hydrogens is 416 g/mol. The van der Waals surface area contributed by atoms with Gasteiger partial charge in [-0.15, -0.1) is 0 Å². The molecule has 2 aromatic carbocycles. The van der Waals surface area contributed by atoms with Crippen LogP contribution in [0.2, 0.25) is 0 Å². The van der Waals surface area contributed by atoms with Gasteiger partial charge < -0.3 is 19.1 Å². The Kier molecular flexibility index (Phi) is 8.24. The van der Waals surface area contributed by atoms with Crippen molar-refractivity contribution in [3.05, 3.63) is 59.7 Å². The third-order valence-corrected chi connectivity index (χ3v) is 6.87. The van der Waals surface area contributed by atoms with Crippen LogP contribution in [0.4, 0.5) is 0 Å². The highest BCUT2D eigenvalue weighted by molar-refractivity contribution is 5.97. The van der Waals surface area contributed by atoms with E-state index in [1.807, 2.05) is 41.3 Å². The third-order valence-electron chi connectivity index (χ3n) is 6.87. The Balaban J connectivity index is 1.56. The van der Waals surface area contributed by atoms with Crippen molar-refractivity contribution in [3.8, 4) is 11.5 Å². The second kappa shape index (κ2) is 11.5. The lowest BCUT2D eigenvalue weighted by Gasteiger charge is -2.41. The molecule has 0 saturated carbocycles. The van der Waals surface area contributed by atoms with Gasteiger partial charge in [0.2, 0.25) is 0 Å². The SMILES string of the molecule is COc1ccccc1CN1CCCC[C@H]2[C@@H](OC)CCCN2C(=O)c2ccccc2OCC1. The summed E-state index contributed by atoms with van der Waals surface area (Å²) in [5.74, 6) is 1.64. The molecule has 0 N–H and O–H groups in total. The van der Waals surface area contributed by atoms with E-state index in [-0.39, 0.29) is 18.1 Å². The second-order valence-corrected chi connectivity index (χ2v) is 8.91. The fourth-order valence-electron chi connectivity index (χ4n) is 5.13. The lowest BCUT2D eigenvalue weighted by molar-refractivity contribution is -0.0155. The molecule has 6 heteroatoms. The van der Waals surface area contributed by atoms with Crippen molar-refractivity contribution >= 4 is 5.91 Å². The van der Waals surface area contributed by atoms with Crippen LogP contribution in [0, 0.1) is 0 Å². The van der Waals surface area contributed by atoms with E-state index in [1.165, 1.54) is 5.56 Å². The average Bonchev–Trinajstić information content (AvgIpc) is 2.87. The van der Waals surface area contributed by atoms with Crippen LogP contribution in [0.15, 0.2) is 48.5 Å². The van der Waals surface area contributed by atoms with E-state index >= 15 is 0 Å². The second-order valence-electron chi connectivity index (χ2n) is 8.91. The molecule has 1 saturated heterocycles. The predicted octanol–water partition coefficient (Wildman–Crippen LogP) is 4.38. The number of ether oxygens (including phenoxy) is 3. The van der Waals surface area contributed by atoms with Gasteiger partial charge in [0.1, 0.15) is 18.1 Å². The minimum Gasteiger partial charge on any atom is -0.496 e. The summed E-state index contributed by atoms with van der Waals surface area (Å²) in [4.78, 5) is 18.0. The highest BCUT2D eigenvalue weighted by Crippen LogP contribution is 2.29. The van der Waals surface area contributed by atoms with Crippen LogP contribution in [0.5, 0.6) is 11.5 Å². The van der Waals surface area contributed by atoms with Crippen molar-refractivity contribution in [2.75, 3.05) is 40.5 Å². The molecule has 0 bridgehead atoms. The van der Waals surface area contributed by atoms with Crippen LogP contribution in [0.25, 0.3) is 0 Å². The molecule has 33 heavy (non-hydrogen) atoms. The van der Waals surface area contributed by atoms with Crippen LogP contribution in [-0.4, -0.2) is 68.3 Å². The largest absolute Gasteiger partial charge is 0.496 e. The van der Waals surface area contributed by atoms with E-state index in [2.05, 4.69) is 17.0 Å². The van der Waals surface area contributed by atoms with E-state index in [1.54, 1.807) is 14.2 Å². The van der Waals surface area contributed by atoms with Gasteiger partial charge in [-0.3, -0.25) is 9.69 Å². The first kappa shape index (κ1) is 23.6. The zero-order chi connectivity index (χ0) is 23.0. The number of amides is 1. The number of carbonyl (C=O) groups excluding carboxylic acids is 1. The minimum absolute atomic E-state index is 0.0578. The summed E-state index contributed by atoms with van der Waals surface area (Å²) in [7, 11) is 3.49. The van der Waals surface area contributed by atoms with Crippen molar-refractivity contribution < 1.29 is 19.0 Å². The molecule has 4 rings (SSSR count). The molecular formula is C27H36N2O4. The van der Waals surface area contributed by atoms with Crippen LogP contribution in [-0.2, 0) is 11.3 Å². The zero-order valence-electron chi connectivity index (χ0n) is 19.9. The van der Waals surface area contributed by atoms with Gasteiger partial charge in [0, 0.05) is 32.3 Å². The molecule has 2 aromatic rings. The quantitative estimate of drug-likeness (QED) is 0.689. The number of hydrogen-bond donors (Lipinski definition) is 0. The Hall–Kier alpha value is -2.57. The lowest BCUT2D eigenvalue weighted by Crippen LogP contribution is -2.51. The maximum absolute atomic E-state index is 13.6. The normalized spacial score (nSPS) is 22.7. The number of para-hydroxylation sites is 2. The molecule has 6 nitrogen and oxygen atoms in total. The lowest BCUT2D eigenvalue weighted by atomic mass is 9.93. The number of carbonyl (C=O) groups is 1. The van der Waals surface area contributed by atoms with E-state index in [9.17, 15) is 4.79 Å². The van der Waals surface area contributed by atoms with Crippen molar-refractivity contribution in [3.63, 3.8) is 0 Å². The molecule has 0 unspecified atom stereocenters. The maximum Gasteiger partial charge on any atom is 0.257 e. The maximum atomic E-state index is 13.6. The van der Waals surface area contributed by atoms with Gasteiger partial charge >= 0.3 is 0 Å². The fourth-order valence-corrected chi connectivity index (χ4v) is 5.13. The van der Waals surface area contributed by atoms with Gasteiger partial charge in [0.15, 0.2) is 0 Å². The smallest absolute Gasteiger partial charge is 0.257 e. The van der Waals surface area contributed by atoms with E-state index in [0.717, 1.165) is 64.0 Å². The van der Waals surface area contributed by atoms with Crippen molar-refractivity contribution in [1.29, 1.82) is 0 Å². The summed E-state index contributed by atoms with van der Waals surface area (Å²) in [5, 5.41) is 0. The minimum atomic E-state index is 0.0578. The Bertz CT molecular complexity index is 918. The Labute approximate surface area is 197 Å². The molecule has 0 spiro atoms. The van der Waals surface area contributed by atoms with Crippen LogP contribution in [0.3, 0.4) is 0 Å². The molecule has 2 atom stereocenters. The first-order valence-electron chi connectivity index (χ1n) is 12.1. The molecule has 0 aromatic heterocycles. The van der Waals surface area contributed by atoms with Crippen molar-refractivity contribution in [1.82, 2.24) is 9.80 Å². The summed E-state index contributed by atoms with van der Waals surface area (Å²) in [6, 6.07) is 15.9. The van der Waals surface area contributed by atoms with Crippen LogP contribution >= 0.6 is 0 Å². The van der Waals surface area contributed by atoms with Gasteiger partial charge in [-0.2, -0.15) is 0 Å². The molecule has 2 heterocycles. The van der Waals surface area contributed by atoms with Gasteiger partial charge in [0.05, 0.1) is 24.8 Å². The summed E-state index contributed by atoms with van der Waals surface area (Å²) in [6.45, 7) is 3.88. The Morgan fingerprint density at radius 2 is 1.76 bits per heavy atom. The number of nitrogens with zero attached hydrogens (tertiary/aromatic N) is 2. The van der Waals surface area contributed by atoms with Gasteiger partial charge in [-0.05, 0) is 50.4 Å². The zero-order valence-corrected chi connectivity index (χ0v) is 19.9. The number of rotatable bonds is 4. The predicted molar refractivity (Wildman–Crippen MR) is 129 cm³/mol. The molecule has 0 radical (unpaired) electrons. The van der Waals surface area contributed by atoms with E-state index < -0.39 is 0 Å². The molecule has 2 aliphatic heterocycles. The summed E-state index contributed by atoms with van der Waals surface area (Å²) in [5.41, 5.74) is 1.83. The highest BCUT2D eigenvalue weighted by Gasteiger charge is 2.35. The number of fused-ring (bicyclic) bond motifs is 2. The fraction of sp³-hybridized carbons (Fsp3) is 0.519. The summed E-state index contributed by atoms with van der Waals surface area (Å²) >= 11 is 0. The number of methoxy groups -OCH3 is 2. The van der Waals surface area contributed by atoms with E-state index in [0.29, 0.717) is 17.9 Å². The number of piperidine rings is 1. The Morgan fingerprint density at radius 3 is 2.61 bits per heavy atom.